The predicted molar refractivity (Wildman–Crippen MR) is 150 cm³/mol. The number of hydrogen-bond acceptors (Lipinski definition) is 7. The lowest BCUT2D eigenvalue weighted by Crippen LogP contribution is -2.26. The molecule has 0 aliphatic rings. The number of nitrogens with zero attached hydrogens (tertiary/aromatic N) is 3. The third kappa shape index (κ3) is 5.20. The fourth-order valence-electron chi connectivity index (χ4n) is 3.83. The van der Waals surface area contributed by atoms with Crippen LogP contribution < -0.4 is 10.3 Å². The molecule has 0 amide bonds. The Balaban J connectivity index is 1.53. The summed E-state index contributed by atoms with van der Waals surface area (Å²) in [7, 11) is 0. The van der Waals surface area contributed by atoms with Crippen LogP contribution in [0.25, 0.3) is 33.5 Å². The van der Waals surface area contributed by atoms with E-state index < -0.39 is 12.1 Å². The summed E-state index contributed by atoms with van der Waals surface area (Å²) in [6, 6.07) is 19.5. The number of hydrogen-bond donors (Lipinski definition) is 0. The van der Waals surface area contributed by atoms with Gasteiger partial charge in [0.05, 0.1) is 28.7 Å². The van der Waals surface area contributed by atoms with Gasteiger partial charge in [0.15, 0.2) is 11.9 Å². The Morgan fingerprint density at radius 1 is 1.18 bits per heavy atom. The molecule has 2 aromatic heterocycles. The van der Waals surface area contributed by atoms with Crippen molar-refractivity contribution in [2.45, 2.75) is 20.0 Å². The smallest absolute Gasteiger partial charge is 0.347 e. The molecule has 0 fully saturated rings. The maximum atomic E-state index is 13.4. The molecule has 0 saturated carbocycles. The molecule has 8 nitrogen and oxygen atoms in total. The second kappa shape index (κ2) is 10.8. The first-order valence-corrected chi connectivity index (χ1v) is 12.9. The zero-order valence-electron chi connectivity index (χ0n) is 20.4. The van der Waals surface area contributed by atoms with Crippen molar-refractivity contribution in [2.24, 2.45) is 5.10 Å². The molecule has 0 saturated heterocycles. The van der Waals surface area contributed by atoms with E-state index in [0.717, 1.165) is 9.86 Å². The highest BCUT2D eigenvalue weighted by atomic mass is 79.9. The Morgan fingerprint density at radius 2 is 2.00 bits per heavy atom. The summed E-state index contributed by atoms with van der Waals surface area (Å²) < 4.78 is 18.7. The highest BCUT2D eigenvalue weighted by Crippen LogP contribution is 2.30. The van der Waals surface area contributed by atoms with Crippen molar-refractivity contribution in [3.8, 4) is 17.3 Å². The van der Waals surface area contributed by atoms with Gasteiger partial charge in [-0.2, -0.15) is 9.78 Å². The lowest BCUT2D eigenvalue weighted by Gasteiger charge is -2.14. The van der Waals surface area contributed by atoms with Crippen molar-refractivity contribution in [2.75, 3.05) is 6.61 Å². The van der Waals surface area contributed by atoms with Gasteiger partial charge in [-0.3, -0.25) is 4.79 Å². The van der Waals surface area contributed by atoms with Gasteiger partial charge in [-0.15, -0.1) is 0 Å². The van der Waals surface area contributed by atoms with Crippen LogP contribution in [0.1, 0.15) is 19.4 Å². The highest BCUT2D eigenvalue weighted by Gasteiger charge is 2.18. The Labute approximate surface area is 230 Å². The van der Waals surface area contributed by atoms with Crippen LogP contribution in [0.15, 0.2) is 85.5 Å². The first kappa shape index (κ1) is 25.7. The molecule has 0 spiro atoms. The Bertz CT molecular complexity index is 1760. The summed E-state index contributed by atoms with van der Waals surface area (Å²) in [5.74, 6) is 0.491. The molecule has 0 aliphatic heterocycles. The minimum absolute atomic E-state index is 0.256. The van der Waals surface area contributed by atoms with Crippen LogP contribution in [0.5, 0.6) is 5.75 Å². The average molecular weight is 595 g/mol. The summed E-state index contributed by atoms with van der Waals surface area (Å²) >= 11 is 9.86. The molecule has 2 heterocycles. The summed E-state index contributed by atoms with van der Waals surface area (Å²) in [5.41, 5.74) is 1.44. The number of furan rings is 1. The van der Waals surface area contributed by atoms with Gasteiger partial charge in [-0.1, -0.05) is 39.7 Å². The first-order chi connectivity index (χ1) is 18.3. The number of benzene rings is 3. The zero-order valence-corrected chi connectivity index (χ0v) is 22.7. The average Bonchev–Trinajstić information content (AvgIpc) is 3.32. The van der Waals surface area contributed by atoms with Gasteiger partial charge in [0, 0.05) is 9.86 Å². The van der Waals surface area contributed by atoms with E-state index in [1.807, 2.05) is 30.3 Å². The number of rotatable bonds is 7. The fourth-order valence-corrected chi connectivity index (χ4v) is 4.44. The van der Waals surface area contributed by atoms with Crippen LogP contribution in [0.2, 0.25) is 5.02 Å². The van der Waals surface area contributed by atoms with Crippen molar-refractivity contribution in [1.82, 2.24) is 9.66 Å². The quantitative estimate of drug-likeness (QED) is 0.159. The van der Waals surface area contributed by atoms with Crippen LogP contribution >= 0.6 is 27.5 Å². The monoisotopic (exact) mass is 593 g/mol. The maximum absolute atomic E-state index is 13.4. The van der Waals surface area contributed by atoms with E-state index in [9.17, 15) is 9.59 Å². The highest BCUT2D eigenvalue weighted by molar-refractivity contribution is 9.10. The van der Waals surface area contributed by atoms with E-state index in [-0.39, 0.29) is 23.0 Å². The lowest BCUT2D eigenvalue weighted by molar-refractivity contribution is -0.150. The number of carbonyl (C=O) groups excluding carboxylic acids is 1. The third-order valence-electron chi connectivity index (χ3n) is 5.65. The van der Waals surface area contributed by atoms with E-state index in [1.54, 1.807) is 50.2 Å². The van der Waals surface area contributed by atoms with Crippen LogP contribution in [-0.2, 0) is 9.53 Å². The first-order valence-electron chi connectivity index (χ1n) is 11.7. The van der Waals surface area contributed by atoms with E-state index in [4.69, 9.17) is 25.5 Å². The van der Waals surface area contributed by atoms with Gasteiger partial charge in [-0.25, -0.2) is 9.78 Å². The molecule has 0 aliphatic carbocycles. The molecule has 5 rings (SSSR count). The number of esters is 1. The van der Waals surface area contributed by atoms with E-state index in [1.165, 1.54) is 10.9 Å². The van der Waals surface area contributed by atoms with E-state index in [0.29, 0.717) is 33.6 Å². The molecular formula is C28H21BrClN3O5. The van der Waals surface area contributed by atoms with Crippen molar-refractivity contribution >= 4 is 61.6 Å². The molecule has 10 heteroatoms. The fraction of sp³-hybridized carbons (Fsp3) is 0.143. The molecule has 0 radical (unpaired) electrons. The molecule has 3 aromatic carbocycles. The van der Waals surface area contributed by atoms with E-state index >= 15 is 0 Å². The molecule has 5 aromatic rings. The summed E-state index contributed by atoms with van der Waals surface area (Å²) in [5, 5.41) is 6.00. The van der Waals surface area contributed by atoms with Crippen molar-refractivity contribution < 1.29 is 18.7 Å². The summed E-state index contributed by atoms with van der Waals surface area (Å²) in [6.45, 7) is 3.56. The van der Waals surface area contributed by atoms with Crippen LogP contribution in [0.3, 0.4) is 0 Å². The van der Waals surface area contributed by atoms with Gasteiger partial charge < -0.3 is 13.9 Å². The van der Waals surface area contributed by atoms with E-state index in [2.05, 4.69) is 26.0 Å². The Morgan fingerprint density at radius 3 is 2.79 bits per heavy atom. The van der Waals surface area contributed by atoms with Crippen LogP contribution in [-0.4, -0.2) is 34.6 Å². The van der Waals surface area contributed by atoms with Gasteiger partial charge in [0.2, 0.25) is 5.82 Å². The van der Waals surface area contributed by atoms with Gasteiger partial charge in [-0.05, 0) is 74.0 Å². The zero-order chi connectivity index (χ0) is 26.8. The van der Waals surface area contributed by atoms with Crippen molar-refractivity contribution in [3.63, 3.8) is 0 Å². The summed E-state index contributed by atoms with van der Waals surface area (Å²) in [6.07, 6.45) is 0.673. The van der Waals surface area contributed by atoms with Crippen molar-refractivity contribution in [1.29, 1.82) is 0 Å². The molecular weight excluding hydrogens is 574 g/mol. The standard InChI is InChI=1S/C28H21BrClN3O5/c1-3-36-28(35)16(2)37-24-10-8-17(12-21(24)30)15-31-33-26(32-22-7-5-4-6-20(22)27(33)34)25-14-18-13-19(29)9-11-23(18)38-25/h4-16H,3H2,1-2H3/t16-/m1/s1. The molecule has 1 atom stereocenters. The molecule has 0 unspecified atom stereocenters. The number of para-hydroxylation sites is 1. The van der Waals surface area contributed by atoms with Crippen LogP contribution in [0, 0.1) is 0 Å². The van der Waals surface area contributed by atoms with Crippen LogP contribution in [0.4, 0.5) is 0 Å². The Kier molecular flexibility index (Phi) is 7.31. The second-order valence-electron chi connectivity index (χ2n) is 8.31. The Hall–Kier alpha value is -3.95. The second-order valence-corrected chi connectivity index (χ2v) is 9.63. The number of fused-ring (bicyclic) bond motifs is 2. The lowest BCUT2D eigenvalue weighted by atomic mass is 10.2. The molecule has 192 valence electrons. The van der Waals surface area contributed by atoms with Gasteiger partial charge in [0.25, 0.3) is 5.56 Å². The third-order valence-corrected chi connectivity index (χ3v) is 6.44. The summed E-state index contributed by atoms with van der Waals surface area (Å²) in [4.78, 5) is 30.0. The number of halogens is 2. The van der Waals surface area contributed by atoms with Crippen molar-refractivity contribution in [3.05, 3.63) is 92.1 Å². The number of ether oxygens (including phenoxy) is 2. The van der Waals surface area contributed by atoms with Gasteiger partial charge >= 0.3 is 5.97 Å². The minimum atomic E-state index is -0.818. The number of carbonyl (C=O) groups is 1. The normalized spacial score (nSPS) is 12.3. The largest absolute Gasteiger partial charge is 0.477 e. The SMILES string of the molecule is CCOC(=O)[C@@H](C)Oc1ccc(C=Nn2c(-c3cc4cc(Br)ccc4o3)nc3ccccc3c2=O)cc1Cl. The number of aromatic nitrogens is 2. The molecule has 0 N–H and O–H groups in total. The van der Waals surface area contributed by atoms with Gasteiger partial charge in [0.1, 0.15) is 11.3 Å². The minimum Gasteiger partial charge on any atom is -0.477 e. The predicted octanol–water partition coefficient (Wildman–Crippen LogP) is 6.44. The molecule has 38 heavy (non-hydrogen) atoms. The maximum Gasteiger partial charge on any atom is 0.347 e. The molecule has 0 bridgehead atoms. The topological polar surface area (TPSA) is 95.9 Å².